The van der Waals surface area contributed by atoms with Gasteiger partial charge < -0.3 is 0 Å². The van der Waals surface area contributed by atoms with E-state index in [1.807, 2.05) is 0 Å². The zero-order valence-electron chi connectivity index (χ0n) is 71.4. The smallest absolute Gasteiger partial charge is 0.0504 e. The average Bonchev–Trinajstić information content (AvgIpc) is 1.63. The highest BCUT2D eigenvalue weighted by Gasteiger charge is 2.32. The van der Waals surface area contributed by atoms with Gasteiger partial charge in [0, 0.05) is 0 Å². The summed E-state index contributed by atoms with van der Waals surface area (Å²) in [6.45, 7) is 33.1. The number of hydrogen-bond donors (Lipinski definition) is 0. The van der Waals surface area contributed by atoms with E-state index in [-0.39, 0.29) is 0 Å². The van der Waals surface area contributed by atoms with E-state index in [4.69, 9.17) is 0 Å². The van der Waals surface area contributed by atoms with Gasteiger partial charge >= 0.3 is 0 Å². The summed E-state index contributed by atoms with van der Waals surface area (Å²) in [6, 6.07) is 4.79. The molecule has 3 heteroatoms. The quantitative estimate of drug-likeness (QED) is 0.0421. The Morgan fingerprint density at radius 3 is 0.392 bits per heavy atom. The minimum absolute atomic E-state index is 1.03. The van der Waals surface area contributed by atoms with E-state index in [0.717, 1.165) is 16.6 Å². The van der Waals surface area contributed by atoms with Gasteiger partial charge in [0.25, 0.3) is 0 Å². The second-order valence-corrected chi connectivity index (χ2v) is 51.8. The molecule has 3 atom stereocenters. The topological polar surface area (TPSA) is 0 Å². The lowest BCUT2D eigenvalue weighted by molar-refractivity contribution is 0.504. The predicted molar refractivity (Wildman–Crippen MR) is 464 cm³/mol. The molecule has 3 unspecified atom stereocenters. The normalized spacial score (nSPS) is 13.2. The third-order valence-corrected chi connectivity index (χ3v) is 38.6. The van der Waals surface area contributed by atoms with Crippen LogP contribution in [0.2, 0.25) is 74.0 Å². The maximum Gasteiger partial charge on any atom is 0.0504 e. The first-order chi connectivity index (χ1) is 47.3. The fourth-order valence-electron chi connectivity index (χ4n) is 17.5. The molecule has 0 aliphatic carbocycles. The van der Waals surface area contributed by atoms with Crippen molar-refractivity contribution in [1.29, 1.82) is 0 Å². The van der Waals surface area contributed by atoms with Crippen LogP contribution in [0.1, 0.15) is 530 Å². The molecule has 0 spiro atoms. The highest BCUT2D eigenvalue weighted by molar-refractivity contribution is 6.79. The van der Waals surface area contributed by atoms with Crippen LogP contribution in [0.15, 0.2) is 0 Å². The molecule has 586 valence electrons. The van der Waals surface area contributed by atoms with Crippen LogP contribution in [-0.4, -0.2) is 24.2 Å². The summed E-state index contributed by atoms with van der Waals surface area (Å²) in [4.78, 5) is 0. The molecular formula is C94H198Si3. The van der Waals surface area contributed by atoms with Crippen LogP contribution in [0.5, 0.6) is 0 Å². The van der Waals surface area contributed by atoms with Crippen LogP contribution in [0.4, 0.5) is 0 Å². The molecule has 0 amide bonds. The molecule has 0 fully saturated rings. The molecule has 0 rings (SSSR count). The second-order valence-electron chi connectivity index (χ2n) is 35.9. The van der Waals surface area contributed by atoms with Crippen molar-refractivity contribution >= 4 is 24.2 Å². The molecule has 0 aromatic rings. The summed E-state index contributed by atoms with van der Waals surface area (Å²) in [5.74, 6) is 0. The van der Waals surface area contributed by atoms with Gasteiger partial charge in [0.15, 0.2) is 0 Å². The van der Waals surface area contributed by atoms with E-state index >= 15 is 0 Å². The molecule has 0 aromatic carbocycles. The fraction of sp³-hybridized carbons (Fsp3) is 1.00. The average molecular weight is 1410 g/mol. The zero-order valence-corrected chi connectivity index (χ0v) is 74.4. The van der Waals surface area contributed by atoms with Crippen molar-refractivity contribution in [3.63, 3.8) is 0 Å². The van der Waals surface area contributed by atoms with Crippen molar-refractivity contribution in [3.05, 3.63) is 0 Å². The number of rotatable bonds is 82. The van der Waals surface area contributed by atoms with E-state index in [0.29, 0.717) is 0 Å². The lowest BCUT2D eigenvalue weighted by Gasteiger charge is -2.33. The van der Waals surface area contributed by atoms with Gasteiger partial charge in [0.2, 0.25) is 0 Å². The highest BCUT2D eigenvalue weighted by atomic mass is 28.3. The van der Waals surface area contributed by atoms with E-state index in [2.05, 4.69) is 87.7 Å². The first-order valence-corrected chi connectivity index (χ1v) is 57.2. The van der Waals surface area contributed by atoms with Gasteiger partial charge in [-0.15, -0.1) is 0 Å². The lowest BCUT2D eigenvalue weighted by Crippen LogP contribution is -2.32. The van der Waals surface area contributed by atoms with Gasteiger partial charge in [-0.05, 0) is 16.6 Å². The minimum Gasteiger partial charge on any atom is -0.0691 e. The molecule has 0 N–H and O–H groups in total. The van der Waals surface area contributed by atoms with Crippen molar-refractivity contribution in [3.8, 4) is 0 Å². The molecule has 0 saturated heterocycles. The third-order valence-electron chi connectivity index (χ3n) is 25.2. The van der Waals surface area contributed by atoms with Crippen molar-refractivity contribution in [2.75, 3.05) is 0 Å². The lowest BCUT2D eigenvalue weighted by atomic mass is 10.0. The van der Waals surface area contributed by atoms with Crippen LogP contribution in [0.25, 0.3) is 0 Å². The highest BCUT2D eigenvalue weighted by Crippen LogP contribution is 2.40. The van der Waals surface area contributed by atoms with E-state index < -0.39 is 24.2 Å². The molecule has 97 heavy (non-hydrogen) atoms. The summed E-state index contributed by atoms with van der Waals surface area (Å²) in [7, 11) is -3.36. The van der Waals surface area contributed by atoms with Gasteiger partial charge in [0.05, 0.1) is 24.2 Å². The van der Waals surface area contributed by atoms with E-state index in [9.17, 15) is 0 Å². The molecule has 0 radical (unpaired) electrons. The molecule has 0 saturated carbocycles. The molecule has 0 aromatic heterocycles. The Balaban J connectivity index is 0. The summed E-state index contributed by atoms with van der Waals surface area (Å²) >= 11 is 0. The Kier molecular flexibility index (Phi) is 81.4. The Bertz CT molecular complexity index is 1420. The largest absolute Gasteiger partial charge is 0.0691 e. The summed E-state index contributed by atoms with van der Waals surface area (Å²) in [6.07, 6.45) is 111. The minimum atomic E-state index is -1.17. The second kappa shape index (κ2) is 79.2. The van der Waals surface area contributed by atoms with E-state index in [1.165, 1.54) is 456 Å². The molecule has 0 aliphatic rings. The monoisotopic (exact) mass is 1410 g/mol. The van der Waals surface area contributed by atoms with Crippen LogP contribution < -0.4 is 0 Å². The maximum atomic E-state index is 2.81. The van der Waals surface area contributed by atoms with Crippen LogP contribution in [-0.2, 0) is 0 Å². The molecule has 0 aliphatic heterocycles. The predicted octanol–water partition coefficient (Wildman–Crippen LogP) is 37.6. The zero-order chi connectivity index (χ0) is 71.4. The number of unbranched alkanes of at least 4 members (excludes halogenated alkanes) is 62. The van der Waals surface area contributed by atoms with Gasteiger partial charge in [-0.3, -0.25) is 0 Å². The van der Waals surface area contributed by atoms with Gasteiger partial charge in [-0.25, -0.2) is 0 Å². The SMILES string of the molecule is CCCCCCCCCCCCCCC[Si](C)(C)C(CC)CCCCCCCCCCCCC.CCCCCCCCCCCCC[Si](C)(C)C(CCCCCCCC)CCCCCCCCCC(CCCCCCCCCCCC)[Si](C)(C)CCCCCCCCCCCCC. The van der Waals surface area contributed by atoms with Crippen LogP contribution in [0, 0.1) is 0 Å². The molecular weight excluding hydrogens is 1210 g/mol. The first kappa shape index (κ1) is 99.7. The van der Waals surface area contributed by atoms with Crippen LogP contribution in [0.3, 0.4) is 0 Å². The maximum absolute atomic E-state index is 2.81. The third kappa shape index (κ3) is 72.0. The Morgan fingerprint density at radius 1 is 0.134 bits per heavy atom. The van der Waals surface area contributed by atoms with Gasteiger partial charge in [0.1, 0.15) is 0 Å². The molecule has 0 heterocycles. The van der Waals surface area contributed by atoms with Crippen molar-refractivity contribution in [2.45, 2.75) is 604 Å². The van der Waals surface area contributed by atoms with Gasteiger partial charge in [-0.2, -0.15) is 0 Å². The summed E-state index contributed by atoms with van der Waals surface area (Å²) < 4.78 is 0. The Morgan fingerprint density at radius 2 is 0.247 bits per heavy atom. The van der Waals surface area contributed by atoms with Crippen LogP contribution >= 0.6 is 0 Å². The fourth-order valence-corrected chi connectivity index (χ4v) is 28.2. The van der Waals surface area contributed by atoms with Gasteiger partial charge in [-0.1, -0.05) is 587 Å². The van der Waals surface area contributed by atoms with E-state index in [1.54, 1.807) is 43.8 Å². The molecule has 0 nitrogen and oxygen atoms in total. The summed E-state index contributed by atoms with van der Waals surface area (Å²) in [5, 5.41) is 0. The van der Waals surface area contributed by atoms with Crippen molar-refractivity contribution in [2.24, 2.45) is 0 Å². The molecule has 0 bridgehead atoms. The standard InChI is InChI=1S/C61H128Si2.C33H70Si/c1-9-13-17-21-25-28-31-34-40-46-52-58-62(5,6)60(54-48-42-24-20-16-12-4)56-50-44-38-36-39-45-51-57-61(55-49-43-37-33-30-27-23-19-15-11-3)63(7,8)59-53-47-41-35-32-29-26-22-18-14-10-2;1-6-9-11-13-15-17-19-20-22-24-26-28-30-32-34(4,5)33(8-3)31-29-27-25-23-21-18-16-14-12-10-7-2/h60-61H,9-59H2,1-8H3;33H,6-32H2,1-5H3. The Labute approximate surface area is 624 Å². The van der Waals surface area contributed by atoms with Crippen molar-refractivity contribution in [1.82, 2.24) is 0 Å². The first-order valence-electron chi connectivity index (χ1n) is 47.3. The number of hydrogen-bond acceptors (Lipinski definition) is 0. The summed E-state index contributed by atoms with van der Waals surface area (Å²) in [5.41, 5.74) is 3.23. The van der Waals surface area contributed by atoms with Crippen molar-refractivity contribution < 1.29 is 0 Å². The Hall–Kier alpha value is 0.651.